The van der Waals surface area contributed by atoms with Crippen LogP contribution in [0, 0.1) is 11.8 Å². The topological polar surface area (TPSA) is 148 Å². The highest BCUT2D eigenvalue weighted by molar-refractivity contribution is 5.97. The molecule has 1 aliphatic rings. The van der Waals surface area contributed by atoms with E-state index in [4.69, 9.17) is 9.47 Å². The summed E-state index contributed by atoms with van der Waals surface area (Å²) in [6.45, 7) is 3.08. The van der Waals surface area contributed by atoms with E-state index in [9.17, 15) is 29.1 Å². The van der Waals surface area contributed by atoms with Gasteiger partial charge in [0.2, 0.25) is 0 Å². The summed E-state index contributed by atoms with van der Waals surface area (Å²) in [7, 11) is 0. The molecular weight excluding hydrogens is 516 g/mol. The van der Waals surface area contributed by atoms with E-state index >= 15 is 0 Å². The zero-order chi connectivity index (χ0) is 29.1. The predicted octanol–water partition coefficient (Wildman–Crippen LogP) is 3.20. The van der Waals surface area contributed by atoms with E-state index in [0.29, 0.717) is 17.8 Å². The van der Waals surface area contributed by atoms with E-state index in [2.05, 4.69) is 10.6 Å². The summed E-state index contributed by atoms with van der Waals surface area (Å²) in [5, 5.41) is 14.6. The molecule has 3 N–H and O–H groups in total. The van der Waals surface area contributed by atoms with Crippen molar-refractivity contribution in [2.75, 3.05) is 13.2 Å². The Morgan fingerprint density at radius 2 is 1.55 bits per heavy atom. The van der Waals surface area contributed by atoms with Gasteiger partial charge in [0.05, 0.1) is 24.6 Å². The van der Waals surface area contributed by atoms with Crippen molar-refractivity contribution < 1.29 is 38.6 Å². The minimum absolute atomic E-state index is 0.0165. The zero-order valence-corrected chi connectivity index (χ0v) is 22.6. The SMILES string of the molecule is CC(C)[C@H](NC(=O)OCc1ccccc1)C(=O)C[C@@H](CC(=O)O)C(=O)COC1=C(Cc2ccccc2)C(=O)NC1. The molecule has 0 radical (unpaired) electrons. The molecule has 2 atom stereocenters. The lowest BCUT2D eigenvalue weighted by atomic mass is 9.88. The molecule has 10 nitrogen and oxygen atoms in total. The second-order valence-corrected chi connectivity index (χ2v) is 9.89. The van der Waals surface area contributed by atoms with Crippen LogP contribution in [-0.2, 0) is 41.7 Å². The lowest BCUT2D eigenvalue weighted by Crippen LogP contribution is -2.45. The number of benzene rings is 2. The van der Waals surface area contributed by atoms with Crippen LogP contribution in [0.5, 0.6) is 0 Å². The number of rotatable bonds is 15. The molecule has 2 amide bonds. The molecule has 0 saturated heterocycles. The average molecular weight is 551 g/mol. The summed E-state index contributed by atoms with van der Waals surface area (Å²) in [6, 6.07) is 17.3. The third-order valence-electron chi connectivity index (χ3n) is 6.46. The summed E-state index contributed by atoms with van der Waals surface area (Å²) in [4.78, 5) is 62.3. The fraction of sp³-hybridized carbons (Fsp3) is 0.367. The highest BCUT2D eigenvalue weighted by Crippen LogP contribution is 2.20. The van der Waals surface area contributed by atoms with E-state index in [1.165, 1.54) is 0 Å². The third-order valence-corrected chi connectivity index (χ3v) is 6.46. The molecule has 40 heavy (non-hydrogen) atoms. The van der Waals surface area contributed by atoms with Crippen LogP contribution in [0.25, 0.3) is 0 Å². The van der Waals surface area contributed by atoms with Crippen LogP contribution in [0.1, 0.15) is 37.8 Å². The van der Waals surface area contributed by atoms with Gasteiger partial charge in [-0.05, 0) is 17.0 Å². The summed E-state index contributed by atoms with van der Waals surface area (Å²) < 4.78 is 10.9. The monoisotopic (exact) mass is 550 g/mol. The molecule has 2 aromatic carbocycles. The lowest BCUT2D eigenvalue weighted by molar-refractivity contribution is -0.142. The second-order valence-electron chi connectivity index (χ2n) is 9.89. The van der Waals surface area contributed by atoms with Crippen LogP contribution in [0.2, 0.25) is 0 Å². The molecule has 0 unspecified atom stereocenters. The average Bonchev–Trinajstić information content (AvgIpc) is 3.28. The summed E-state index contributed by atoms with van der Waals surface area (Å²) >= 11 is 0. The van der Waals surface area contributed by atoms with Crippen molar-refractivity contribution in [3.8, 4) is 0 Å². The fourth-order valence-corrected chi connectivity index (χ4v) is 4.28. The third kappa shape index (κ3) is 9.07. The van der Waals surface area contributed by atoms with Crippen LogP contribution in [0.15, 0.2) is 72.0 Å². The Hall–Kier alpha value is -4.47. The van der Waals surface area contributed by atoms with Crippen molar-refractivity contribution in [1.29, 1.82) is 0 Å². The first-order chi connectivity index (χ1) is 19.1. The Kier molecular flexibility index (Phi) is 11.0. The molecule has 0 aromatic heterocycles. The van der Waals surface area contributed by atoms with Crippen LogP contribution in [0.4, 0.5) is 4.79 Å². The van der Waals surface area contributed by atoms with Crippen LogP contribution in [-0.4, -0.2) is 53.8 Å². The zero-order valence-electron chi connectivity index (χ0n) is 22.6. The van der Waals surface area contributed by atoms with Gasteiger partial charge >= 0.3 is 12.1 Å². The molecular formula is C30H34N2O8. The molecule has 0 fully saturated rings. The first-order valence-corrected chi connectivity index (χ1v) is 13.1. The van der Waals surface area contributed by atoms with Gasteiger partial charge in [0.15, 0.2) is 11.6 Å². The molecule has 2 aromatic rings. The van der Waals surface area contributed by atoms with Crippen LogP contribution >= 0.6 is 0 Å². The first kappa shape index (κ1) is 30.1. The number of ether oxygens (including phenoxy) is 2. The van der Waals surface area contributed by atoms with E-state index in [-0.39, 0.29) is 25.0 Å². The molecule has 1 aliphatic heterocycles. The Labute approximate surface area is 232 Å². The largest absolute Gasteiger partial charge is 0.488 e. The van der Waals surface area contributed by atoms with E-state index in [1.807, 2.05) is 48.5 Å². The van der Waals surface area contributed by atoms with Crippen molar-refractivity contribution >= 4 is 29.5 Å². The second kappa shape index (κ2) is 14.6. The quantitative estimate of drug-likeness (QED) is 0.306. The molecule has 0 bridgehead atoms. The number of hydrogen-bond acceptors (Lipinski definition) is 7. The molecule has 0 spiro atoms. The number of carbonyl (C=O) groups is 5. The number of amides is 2. The first-order valence-electron chi connectivity index (χ1n) is 13.1. The summed E-state index contributed by atoms with van der Waals surface area (Å²) in [5.74, 6) is -3.82. The molecule has 0 saturated carbocycles. The van der Waals surface area contributed by atoms with Gasteiger partial charge in [0.1, 0.15) is 19.0 Å². The Balaban J connectivity index is 1.62. The minimum Gasteiger partial charge on any atom is -0.488 e. The standard InChI is InChI=1S/C30H34N2O8/c1-19(2)28(32-30(38)40-17-21-11-7-4-8-12-21)24(33)14-22(15-27(35)36)25(34)18-39-26-16-31-29(37)23(26)13-20-9-5-3-6-10-20/h3-12,19,22,28H,13-18H2,1-2H3,(H,31,37)(H,32,38)(H,35,36)/t22-,28-/m0/s1. The Bertz CT molecular complexity index is 1240. The van der Waals surface area contributed by atoms with Gasteiger partial charge < -0.3 is 25.2 Å². The van der Waals surface area contributed by atoms with Gasteiger partial charge in [-0.15, -0.1) is 0 Å². The van der Waals surface area contributed by atoms with Crippen LogP contribution in [0.3, 0.4) is 0 Å². The van der Waals surface area contributed by atoms with Crippen molar-refractivity contribution in [3.63, 3.8) is 0 Å². The van der Waals surface area contributed by atoms with E-state index in [0.717, 1.165) is 11.1 Å². The number of carboxylic acids is 1. The molecule has 212 valence electrons. The molecule has 1 heterocycles. The number of alkyl carbamates (subject to hydrolysis) is 1. The highest BCUT2D eigenvalue weighted by Gasteiger charge is 2.32. The van der Waals surface area contributed by atoms with Gasteiger partial charge in [0, 0.05) is 18.8 Å². The maximum Gasteiger partial charge on any atom is 0.408 e. The Morgan fingerprint density at radius 3 is 2.15 bits per heavy atom. The predicted molar refractivity (Wildman–Crippen MR) is 145 cm³/mol. The number of nitrogens with one attached hydrogen (secondary N) is 2. The van der Waals surface area contributed by atoms with Gasteiger partial charge in [-0.2, -0.15) is 0 Å². The van der Waals surface area contributed by atoms with Gasteiger partial charge in [0.25, 0.3) is 5.91 Å². The number of carbonyl (C=O) groups excluding carboxylic acids is 4. The van der Waals surface area contributed by atoms with Gasteiger partial charge in [-0.3, -0.25) is 19.2 Å². The molecule has 3 rings (SSSR count). The van der Waals surface area contributed by atoms with Gasteiger partial charge in [-0.1, -0.05) is 74.5 Å². The lowest BCUT2D eigenvalue weighted by Gasteiger charge is -2.23. The summed E-state index contributed by atoms with van der Waals surface area (Å²) in [6.07, 6.45) is -1.46. The van der Waals surface area contributed by atoms with E-state index in [1.54, 1.807) is 26.0 Å². The maximum atomic E-state index is 13.1. The van der Waals surface area contributed by atoms with E-state index < -0.39 is 55.0 Å². The van der Waals surface area contributed by atoms with Crippen LogP contribution < -0.4 is 10.6 Å². The fourth-order valence-electron chi connectivity index (χ4n) is 4.28. The summed E-state index contributed by atoms with van der Waals surface area (Å²) in [5.41, 5.74) is 2.06. The number of ketones is 2. The normalized spacial score (nSPS) is 14.3. The molecule has 10 heteroatoms. The molecule has 0 aliphatic carbocycles. The number of hydrogen-bond donors (Lipinski definition) is 3. The maximum absolute atomic E-state index is 13.1. The van der Waals surface area contributed by atoms with Crippen molar-refractivity contribution in [3.05, 3.63) is 83.1 Å². The minimum atomic E-state index is -1.25. The highest BCUT2D eigenvalue weighted by atomic mass is 16.5. The van der Waals surface area contributed by atoms with Crippen molar-refractivity contribution in [1.82, 2.24) is 10.6 Å². The van der Waals surface area contributed by atoms with Crippen molar-refractivity contribution in [2.45, 2.75) is 45.8 Å². The number of aliphatic carboxylic acids is 1. The number of carboxylic acid groups (broad SMARTS) is 1. The van der Waals surface area contributed by atoms with Crippen molar-refractivity contribution in [2.24, 2.45) is 11.8 Å². The Morgan fingerprint density at radius 1 is 0.925 bits per heavy atom. The number of Topliss-reactive ketones (excluding diaryl/α,β-unsaturated/α-hetero) is 2. The van der Waals surface area contributed by atoms with Gasteiger partial charge in [-0.25, -0.2) is 4.79 Å². The smallest absolute Gasteiger partial charge is 0.408 e.